The minimum atomic E-state index is -2.35. The molecule has 4 atom stereocenters. The molecular formula is C26H22ClFN4O5. The van der Waals surface area contributed by atoms with Crippen LogP contribution < -0.4 is 0 Å². The van der Waals surface area contributed by atoms with Gasteiger partial charge in [0.25, 0.3) is 0 Å². The molecular weight excluding hydrogens is 503 g/mol. The summed E-state index contributed by atoms with van der Waals surface area (Å²) in [7, 11) is 1.24. The average Bonchev–Trinajstić information content (AvgIpc) is 3.41. The Morgan fingerprint density at radius 3 is 2.46 bits per heavy atom. The first kappa shape index (κ1) is 24.8. The van der Waals surface area contributed by atoms with E-state index in [4.69, 9.17) is 25.8 Å². The van der Waals surface area contributed by atoms with Crippen LogP contribution in [-0.2, 0) is 14.2 Å². The number of hydrogen-bond donors (Lipinski definition) is 0. The molecule has 190 valence electrons. The van der Waals surface area contributed by atoms with Gasteiger partial charge in [0, 0.05) is 0 Å². The fourth-order valence-electron chi connectivity index (χ4n) is 4.58. The van der Waals surface area contributed by atoms with Gasteiger partial charge >= 0.3 is 11.9 Å². The first-order valence-corrected chi connectivity index (χ1v) is 11.7. The lowest BCUT2D eigenvalue weighted by Gasteiger charge is -2.37. The quantitative estimate of drug-likeness (QED) is 0.269. The van der Waals surface area contributed by atoms with Crippen LogP contribution in [-0.4, -0.2) is 49.8 Å². The Balaban J connectivity index is 1.67. The molecule has 1 saturated heterocycles. The van der Waals surface area contributed by atoms with Crippen LogP contribution >= 0.6 is 11.6 Å². The number of nitrogens with zero attached hydrogens (tertiary/aromatic N) is 4. The summed E-state index contributed by atoms with van der Waals surface area (Å²) in [6.45, 7) is 2.71. The Kier molecular flexibility index (Phi) is 6.17. The number of halogens is 2. The number of esters is 2. The Morgan fingerprint density at radius 2 is 1.73 bits per heavy atom. The molecule has 37 heavy (non-hydrogen) atoms. The van der Waals surface area contributed by atoms with Crippen LogP contribution in [0.15, 0.2) is 67.3 Å². The summed E-state index contributed by atoms with van der Waals surface area (Å²) >= 11 is 6.15. The number of ether oxygens (including phenoxy) is 3. The van der Waals surface area contributed by atoms with Crippen LogP contribution in [0.1, 0.15) is 52.5 Å². The molecule has 2 aromatic carbocycles. The third-order valence-electron chi connectivity index (χ3n) is 6.73. The van der Waals surface area contributed by atoms with E-state index in [1.807, 2.05) is 0 Å². The van der Waals surface area contributed by atoms with Crippen LogP contribution in [0.25, 0.3) is 11.2 Å². The summed E-state index contributed by atoms with van der Waals surface area (Å²) < 4.78 is 35.6. The van der Waals surface area contributed by atoms with Crippen LogP contribution in [0.2, 0.25) is 5.15 Å². The van der Waals surface area contributed by atoms with Crippen LogP contribution in [0.5, 0.6) is 0 Å². The summed E-state index contributed by atoms with van der Waals surface area (Å²) in [6.07, 6.45) is -0.0219. The zero-order valence-corrected chi connectivity index (χ0v) is 20.8. The van der Waals surface area contributed by atoms with Crippen molar-refractivity contribution in [1.29, 1.82) is 0 Å². The lowest BCUT2D eigenvalue weighted by atomic mass is 9.80. The third kappa shape index (κ3) is 3.93. The molecule has 5 rings (SSSR count). The number of imidazole rings is 1. The summed E-state index contributed by atoms with van der Waals surface area (Å²) in [4.78, 5) is 38.1. The number of rotatable bonds is 5. The largest absolute Gasteiger partial charge is 0.465 e. The van der Waals surface area contributed by atoms with E-state index in [1.54, 1.807) is 48.5 Å². The van der Waals surface area contributed by atoms with Crippen LogP contribution in [0.4, 0.5) is 4.39 Å². The van der Waals surface area contributed by atoms with Gasteiger partial charge < -0.3 is 14.2 Å². The maximum atomic E-state index is 17.1. The number of carbonyl (C=O) groups excluding carboxylic acids is 2. The molecule has 2 aromatic heterocycles. The lowest BCUT2D eigenvalue weighted by molar-refractivity contribution is -0.0959. The number of fused-ring (bicyclic) bond motifs is 1. The van der Waals surface area contributed by atoms with Gasteiger partial charge in [-0.2, -0.15) is 0 Å². The number of benzene rings is 2. The number of carbonyl (C=O) groups is 2. The third-order valence-corrected chi connectivity index (χ3v) is 7.01. The zero-order chi connectivity index (χ0) is 26.4. The number of alkyl halides is 1. The highest BCUT2D eigenvalue weighted by Crippen LogP contribution is 2.57. The molecule has 11 heteroatoms. The van der Waals surface area contributed by atoms with E-state index < -0.39 is 35.5 Å². The van der Waals surface area contributed by atoms with Crippen molar-refractivity contribution in [3.63, 3.8) is 0 Å². The normalized spacial score (nSPS) is 25.2. The summed E-state index contributed by atoms with van der Waals surface area (Å²) in [5.41, 5.74) is -3.11. The topological polar surface area (TPSA) is 105 Å². The molecule has 0 radical (unpaired) electrons. The fraction of sp³-hybridized carbons (Fsp3) is 0.269. The molecule has 3 heterocycles. The van der Waals surface area contributed by atoms with Crippen molar-refractivity contribution in [2.75, 3.05) is 7.11 Å². The second kappa shape index (κ2) is 9.20. The maximum absolute atomic E-state index is 17.1. The van der Waals surface area contributed by atoms with E-state index >= 15 is 4.39 Å². The molecule has 0 amide bonds. The van der Waals surface area contributed by atoms with Gasteiger partial charge in [0.05, 0.1) is 24.6 Å². The van der Waals surface area contributed by atoms with Gasteiger partial charge in [0.2, 0.25) is 0 Å². The Bertz CT molecular complexity index is 1490. The first-order chi connectivity index (χ1) is 17.7. The predicted octanol–water partition coefficient (Wildman–Crippen LogP) is 4.88. The van der Waals surface area contributed by atoms with Gasteiger partial charge in [-0.05, 0) is 37.6 Å². The Morgan fingerprint density at radius 1 is 1.03 bits per heavy atom. The smallest absolute Gasteiger partial charge is 0.338 e. The number of hydrogen-bond acceptors (Lipinski definition) is 8. The Labute approximate surface area is 216 Å². The number of methoxy groups -OCH3 is 1. The number of aromatic nitrogens is 4. The second-order valence-electron chi connectivity index (χ2n) is 8.87. The second-order valence-corrected chi connectivity index (χ2v) is 9.23. The van der Waals surface area contributed by atoms with E-state index in [1.165, 1.54) is 44.2 Å². The van der Waals surface area contributed by atoms with Crippen LogP contribution in [0.3, 0.4) is 0 Å². The van der Waals surface area contributed by atoms with Crippen LogP contribution in [0, 0.1) is 0 Å². The molecule has 0 spiro atoms. The van der Waals surface area contributed by atoms with Crippen molar-refractivity contribution in [2.45, 2.75) is 37.4 Å². The van der Waals surface area contributed by atoms with Crippen molar-refractivity contribution in [3.8, 4) is 0 Å². The van der Waals surface area contributed by atoms with Gasteiger partial charge in [-0.3, -0.25) is 4.57 Å². The monoisotopic (exact) mass is 524 g/mol. The molecule has 0 bridgehead atoms. The minimum absolute atomic E-state index is 0.0909. The highest BCUT2D eigenvalue weighted by molar-refractivity contribution is 6.33. The fourth-order valence-corrected chi connectivity index (χ4v) is 4.76. The predicted molar refractivity (Wildman–Crippen MR) is 131 cm³/mol. The van der Waals surface area contributed by atoms with Crippen molar-refractivity contribution >= 4 is 34.7 Å². The first-order valence-electron chi connectivity index (χ1n) is 11.3. The average molecular weight is 525 g/mol. The van der Waals surface area contributed by atoms with E-state index in [2.05, 4.69) is 15.0 Å². The molecule has 0 aliphatic carbocycles. The van der Waals surface area contributed by atoms with Gasteiger partial charge in [0.15, 0.2) is 28.3 Å². The minimum Gasteiger partial charge on any atom is -0.465 e. The molecule has 4 aromatic rings. The van der Waals surface area contributed by atoms with Crippen molar-refractivity contribution in [2.24, 2.45) is 0 Å². The molecule has 1 aliphatic heterocycles. The molecule has 1 fully saturated rings. The van der Waals surface area contributed by atoms with Gasteiger partial charge in [0.1, 0.15) is 17.9 Å². The lowest BCUT2D eigenvalue weighted by Crippen LogP contribution is -2.51. The summed E-state index contributed by atoms with van der Waals surface area (Å²) in [5, 5.41) is 0.0909. The standard InChI is InChI=1S/C26H22ClFN4O5/c1-25(28)24(32-14-31-18-20(27)29-13-30-21(18)32)36-19(16-11-7-8-12-17(16)23(34)35-3)26(25,2)37-22(33)15-9-5-4-6-10-15/h4-14,19,24H,1-3H3/t19-,24+,25+,26+/m1/s1. The van der Waals surface area contributed by atoms with Crippen molar-refractivity contribution < 1.29 is 28.2 Å². The van der Waals surface area contributed by atoms with Gasteiger partial charge in [-0.15, -0.1) is 0 Å². The van der Waals surface area contributed by atoms with E-state index in [0.717, 1.165) is 0 Å². The SMILES string of the molecule is COC(=O)c1ccccc1[C@H]1O[C@H](n2cnc3c(Cl)ncnc32)[C@](C)(F)[C@@]1(C)OC(=O)c1ccccc1. The van der Waals surface area contributed by atoms with E-state index in [-0.39, 0.29) is 27.4 Å². The van der Waals surface area contributed by atoms with E-state index in [0.29, 0.717) is 5.56 Å². The molecule has 0 N–H and O–H groups in total. The molecule has 9 nitrogen and oxygen atoms in total. The zero-order valence-electron chi connectivity index (χ0n) is 20.1. The highest BCUT2D eigenvalue weighted by Gasteiger charge is 2.67. The highest BCUT2D eigenvalue weighted by atomic mass is 35.5. The molecule has 0 saturated carbocycles. The summed E-state index contributed by atoms with van der Waals surface area (Å²) in [6, 6.07) is 14.7. The van der Waals surface area contributed by atoms with E-state index in [9.17, 15) is 9.59 Å². The Hall–Kier alpha value is -3.89. The van der Waals surface area contributed by atoms with Crippen molar-refractivity contribution in [3.05, 3.63) is 89.1 Å². The van der Waals surface area contributed by atoms with Crippen molar-refractivity contribution in [1.82, 2.24) is 19.5 Å². The maximum Gasteiger partial charge on any atom is 0.338 e. The van der Waals surface area contributed by atoms with Gasteiger partial charge in [-0.25, -0.2) is 28.9 Å². The summed E-state index contributed by atoms with van der Waals surface area (Å²) in [5.74, 6) is -1.40. The van der Waals surface area contributed by atoms with Gasteiger partial charge in [-0.1, -0.05) is 48.0 Å². The molecule has 1 aliphatic rings. The molecule has 0 unspecified atom stereocenters.